The minimum absolute atomic E-state index is 0.00703. The summed E-state index contributed by atoms with van der Waals surface area (Å²) in [6.45, 7) is 5.26. The summed E-state index contributed by atoms with van der Waals surface area (Å²) in [6, 6.07) is 5.03. The van der Waals surface area contributed by atoms with Crippen LogP contribution in [0.3, 0.4) is 0 Å². The minimum Gasteiger partial charge on any atom is -0.459 e. The fourth-order valence-corrected chi connectivity index (χ4v) is 2.38. The van der Waals surface area contributed by atoms with Gasteiger partial charge in [0.05, 0.1) is 11.4 Å². The lowest BCUT2D eigenvalue weighted by molar-refractivity contribution is -0.274. The molecular weight excluding hydrogens is 361 g/mol. The molecule has 0 atom stereocenters. The SMILES string of the molecule is CC(C)(C)OC(=O)CSc1nnnn1-c1ccc(OC(F)(F)F)cc1. The molecule has 25 heavy (non-hydrogen) atoms. The van der Waals surface area contributed by atoms with E-state index in [0.717, 1.165) is 23.9 Å². The number of carbonyl (C=O) groups excluding carboxylic acids is 1. The molecule has 0 bridgehead atoms. The highest BCUT2D eigenvalue weighted by molar-refractivity contribution is 7.99. The third kappa shape index (κ3) is 6.25. The molecule has 1 aromatic heterocycles. The Balaban J connectivity index is 2.05. The molecule has 0 unspecified atom stereocenters. The van der Waals surface area contributed by atoms with Gasteiger partial charge in [-0.2, -0.15) is 4.68 Å². The van der Waals surface area contributed by atoms with Gasteiger partial charge < -0.3 is 9.47 Å². The lowest BCUT2D eigenvalue weighted by atomic mass is 10.2. The zero-order valence-corrected chi connectivity index (χ0v) is 14.4. The van der Waals surface area contributed by atoms with Gasteiger partial charge in [0, 0.05) is 0 Å². The molecular formula is C14H15F3N4O3S. The van der Waals surface area contributed by atoms with Gasteiger partial charge >= 0.3 is 12.3 Å². The van der Waals surface area contributed by atoms with Crippen molar-refractivity contribution in [3.05, 3.63) is 24.3 Å². The number of carbonyl (C=O) groups is 1. The number of esters is 1. The number of hydrogen-bond donors (Lipinski definition) is 0. The Kier molecular flexibility index (Phi) is 5.55. The predicted molar refractivity (Wildman–Crippen MR) is 82.4 cm³/mol. The van der Waals surface area contributed by atoms with Crippen LogP contribution in [0.5, 0.6) is 5.75 Å². The summed E-state index contributed by atoms with van der Waals surface area (Å²) in [5, 5.41) is 11.4. The minimum atomic E-state index is -4.76. The van der Waals surface area contributed by atoms with Gasteiger partial charge in [0.15, 0.2) is 0 Å². The van der Waals surface area contributed by atoms with Crippen LogP contribution in [0.25, 0.3) is 5.69 Å². The van der Waals surface area contributed by atoms with Crippen LogP contribution in [-0.2, 0) is 9.53 Å². The lowest BCUT2D eigenvalue weighted by Crippen LogP contribution is -2.25. The maximum Gasteiger partial charge on any atom is 0.573 e. The third-order valence-corrected chi connectivity index (χ3v) is 3.39. The Labute approximate surface area is 145 Å². The van der Waals surface area contributed by atoms with E-state index in [1.165, 1.54) is 16.8 Å². The fraction of sp³-hybridized carbons (Fsp3) is 0.429. The van der Waals surface area contributed by atoms with Crippen LogP contribution < -0.4 is 4.74 Å². The van der Waals surface area contributed by atoms with Crippen molar-refractivity contribution in [2.24, 2.45) is 0 Å². The van der Waals surface area contributed by atoms with Crippen LogP contribution >= 0.6 is 11.8 Å². The van der Waals surface area contributed by atoms with Gasteiger partial charge in [-0.05, 0) is 55.5 Å². The van der Waals surface area contributed by atoms with E-state index in [2.05, 4.69) is 20.3 Å². The normalized spacial score (nSPS) is 12.1. The zero-order valence-electron chi connectivity index (χ0n) is 13.6. The van der Waals surface area contributed by atoms with Crippen molar-refractivity contribution in [2.75, 3.05) is 5.75 Å². The first-order valence-electron chi connectivity index (χ1n) is 7.03. The first-order chi connectivity index (χ1) is 11.5. The van der Waals surface area contributed by atoms with Crippen molar-refractivity contribution < 1.29 is 27.4 Å². The third-order valence-electron chi connectivity index (χ3n) is 2.49. The van der Waals surface area contributed by atoms with Crippen LogP contribution in [0.15, 0.2) is 29.4 Å². The summed E-state index contributed by atoms with van der Waals surface area (Å²) in [6.07, 6.45) is -4.76. The topological polar surface area (TPSA) is 79.1 Å². The van der Waals surface area contributed by atoms with Crippen LogP contribution in [0.4, 0.5) is 13.2 Å². The first kappa shape index (κ1) is 19.0. The van der Waals surface area contributed by atoms with Gasteiger partial charge in [0.25, 0.3) is 0 Å². The largest absolute Gasteiger partial charge is 0.573 e. The summed E-state index contributed by atoms with van der Waals surface area (Å²) >= 11 is 1.05. The van der Waals surface area contributed by atoms with Crippen molar-refractivity contribution in [1.82, 2.24) is 20.2 Å². The molecule has 0 N–H and O–H groups in total. The first-order valence-corrected chi connectivity index (χ1v) is 8.01. The van der Waals surface area contributed by atoms with Gasteiger partial charge in [0.1, 0.15) is 11.4 Å². The Morgan fingerprint density at radius 3 is 2.40 bits per heavy atom. The summed E-state index contributed by atoms with van der Waals surface area (Å²) in [5.41, 5.74) is -0.177. The van der Waals surface area contributed by atoms with E-state index >= 15 is 0 Å². The maximum absolute atomic E-state index is 12.2. The molecule has 0 radical (unpaired) electrons. The Bertz CT molecular complexity index is 726. The molecule has 7 nitrogen and oxygen atoms in total. The molecule has 2 rings (SSSR count). The zero-order chi connectivity index (χ0) is 18.7. The summed E-state index contributed by atoms with van der Waals surface area (Å²) < 4.78 is 46.8. The van der Waals surface area contributed by atoms with Crippen LogP contribution in [0, 0.1) is 0 Å². The molecule has 0 spiro atoms. The van der Waals surface area contributed by atoms with E-state index in [1.54, 1.807) is 20.8 Å². The van der Waals surface area contributed by atoms with Gasteiger partial charge in [-0.15, -0.1) is 18.3 Å². The molecule has 0 saturated heterocycles. The molecule has 0 aliphatic rings. The molecule has 2 aromatic rings. The van der Waals surface area contributed by atoms with Crippen LogP contribution in [0.1, 0.15) is 20.8 Å². The molecule has 0 aliphatic heterocycles. The number of thioether (sulfide) groups is 1. The van der Waals surface area contributed by atoms with Gasteiger partial charge in [-0.1, -0.05) is 11.8 Å². The summed E-state index contributed by atoms with van der Waals surface area (Å²) in [7, 11) is 0. The highest BCUT2D eigenvalue weighted by Gasteiger charge is 2.31. The Morgan fingerprint density at radius 2 is 1.84 bits per heavy atom. The number of ether oxygens (including phenoxy) is 2. The second-order valence-electron chi connectivity index (χ2n) is 5.79. The fourth-order valence-electron chi connectivity index (χ4n) is 1.71. The van der Waals surface area contributed by atoms with E-state index in [-0.39, 0.29) is 11.5 Å². The number of tetrazole rings is 1. The maximum atomic E-state index is 12.2. The molecule has 0 saturated carbocycles. The van der Waals surface area contributed by atoms with Gasteiger partial charge in [-0.25, -0.2) is 0 Å². The predicted octanol–water partition coefficient (Wildman–Crippen LogP) is 2.99. The average molecular weight is 376 g/mol. The number of aromatic nitrogens is 4. The van der Waals surface area contributed by atoms with Crippen molar-refractivity contribution >= 4 is 17.7 Å². The number of nitrogens with zero attached hydrogens (tertiary/aromatic N) is 4. The van der Waals surface area contributed by atoms with Crippen molar-refractivity contribution in [1.29, 1.82) is 0 Å². The van der Waals surface area contributed by atoms with Gasteiger partial charge in [-0.3, -0.25) is 4.79 Å². The smallest absolute Gasteiger partial charge is 0.459 e. The van der Waals surface area contributed by atoms with E-state index in [0.29, 0.717) is 10.8 Å². The highest BCUT2D eigenvalue weighted by Crippen LogP contribution is 2.25. The monoisotopic (exact) mass is 376 g/mol. The van der Waals surface area contributed by atoms with E-state index in [4.69, 9.17) is 4.74 Å². The number of benzene rings is 1. The molecule has 11 heteroatoms. The van der Waals surface area contributed by atoms with Crippen LogP contribution in [-0.4, -0.2) is 43.9 Å². The number of alkyl halides is 3. The Hall–Kier alpha value is -2.30. The summed E-state index contributed by atoms with van der Waals surface area (Å²) in [5.74, 6) is -0.791. The standard InChI is InChI=1S/C14H15F3N4O3S/c1-13(2,3)24-11(22)8-25-12-18-19-20-21(12)9-4-6-10(7-5-9)23-14(15,16)17/h4-7H,8H2,1-3H3. The number of rotatable bonds is 5. The number of hydrogen-bond acceptors (Lipinski definition) is 7. The van der Waals surface area contributed by atoms with Crippen molar-refractivity contribution in [2.45, 2.75) is 37.9 Å². The summed E-state index contributed by atoms with van der Waals surface area (Å²) in [4.78, 5) is 11.7. The molecule has 1 heterocycles. The highest BCUT2D eigenvalue weighted by atomic mass is 32.2. The van der Waals surface area contributed by atoms with E-state index in [1.807, 2.05) is 0 Å². The molecule has 0 amide bonds. The Morgan fingerprint density at radius 1 is 1.20 bits per heavy atom. The van der Waals surface area contributed by atoms with Crippen molar-refractivity contribution in [3.63, 3.8) is 0 Å². The average Bonchev–Trinajstić information content (AvgIpc) is 2.91. The quantitative estimate of drug-likeness (QED) is 0.586. The van der Waals surface area contributed by atoms with E-state index in [9.17, 15) is 18.0 Å². The second kappa shape index (κ2) is 7.30. The second-order valence-corrected chi connectivity index (χ2v) is 6.73. The van der Waals surface area contributed by atoms with Gasteiger partial charge in [0.2, 0.25) is 5.16 Å². The van der Waals surface area contributed by atoms with E-state index < -0.39 is 17.9 Å². The number of halogens is 3. The molecule has 0 aliphatic carbocycles. The van der Waals surface area contributed by atoms with Crippen LogP contribution in [0.2, 0.25) is 0 Å². The molecule has 0 fully saturated rings. The molecule has 1 aromatic carbocycles. The molecule has 136 valence electrons. The van der Waals surface area contributed by atoms with Crippen molar-refractivity contribution in [3.8, 4) is 11.4 Å². The lowest BCUT2D eigenvalue weighted by Gasteiger charge is -2.19.